The number of aromatic nitrogens is 2. The number of rotatable bonds is 8. The van der Waals surface area contributed by atoms with Gasteiger partial charge in [-0.3, -0.25) is 9.69 Å². The summed E-state index contributed by atoms with van der Waals surface area (Å²) in [6, 6.07) is 16.3. The smallest absolute Gasteiger partial charge is 0.227 e. The number of nitrogens with zero attached hydrogens (tertiary/aromatic N) is 4. The van der Waals surface area contributed by atoms with Crippen molar-refractivity contribution in [3.8, 4) is 17.1 Å². The number of amides is 1. The van der Waals surface area contributed by atoms with E-state index in [0.717, 1.165) is 44.0 Å². The summed E-state index contributed by atoms with van der Waals surface area (Å²) in [6.07, 6.45) is 0.831. The van der Waals surface area contributed by atoms with E-state index >= 15 is 0 Å². The lowest BCUT2D eigenvalue weighted by atomic mass is 10.0. The van der Waals surface area contributed by atoms with Gasteiger partial charge in [0.15, 0.2) is 0 Å². The number of carbonyl (C=O) groups excluding carboxylic acids is 1. The number of piperazine rings is 1. The molecule has 0 spiro atoms. The Bertz CT molecular complexity index is 1050. The lowest BCUT2D eigenvalue weighted by Crippen LogP contribution is -2.48. The van der Waals surface area contributed by atoms with Gasteiger partial charge in [0.1, 0.15) is 5.75 Å². The van der Waals surface area contributed by atoms with E-state index < -0.39 is 0 Å². The highest BCUT2D eigenvalue weighted by molar-refractivity contribution is 5.76. The van der Waals surface area contributed by atoms with Gasteiger partial charge in [0.25, 0.3) is 0 Å². The van der Waals surface area contributed by atoms with Gasteiger partial charge < -0.3 is 14.2 Å². The average Bonchev–Trinajstić information content (AvgIpc) is 3.32. The summed E-state index contributed by atoms with van der Waals surface area (Å²) < 4.78 is 10.8. The second kappa shape index (κ2) is 10.6. The van der Waals surface area contributed by atoms with Crippen LogP contribution >= 0.6 is 0 Å². The minimum absolute atomic E-state index is 0.132. The highest BCUT2D eigenvalue weighted by atomic mass is 16.5. The minimum Gasteiger partial charge on any atom is -0.496 e. The number of benzene rings is 2. The third-order valence-corrected chi connectivity index (χ3v) is 6.17. The maximum absolute atomic E-state index is 12.7. The summed E-state index contributed by atoms with van der Waals surface area (Å²) in [6.45, 7) is 8.31. The molecule has 0 unspecified atom stereocenters. The molecule has 174 valence electrons. The fraction of sp³-hybridized carbons (Fsp3) is 0.423. The molecular formula is C26H32N4O3. The summed E-state index contributed by atoms with van der Waals surface area (Å²) >= 11 is 0. The van der Waals surface area contributed by atoms with Crippen LogP contribution in [-0.4, -0.2) is 59.1 Å². The first kappa shape index (κ1) is 23.0. The molecule has 4 rings (SSSR count). The van der Waals surface area contributed by atoms with Crippen molar-refractivity contribution in [1.82, 2.24) is 19.9 Å². The van der Waals surface area contributed by atoms with Gasteiger partial charge >= 0.3 is 0 Å². The first-order valence-electron chi connectivity index (χ1n) is 11.6. The van der Waals surface area contributed by atoms with Crippen LogP contribution in [0.2, 0.25) is 0 Å². The molecule has 1 aliphatic rings. The number of aryl methyl sites for hydroxylation is 1. The third kappa shape index (κ3) is 5.79. The van der Waals surface area contributed by atoms with Crippen molar-refractivity contribution < 1.29 is 14.1 Å². The van der Waals surface area contributed by atoms with Gasteiger partial charge in [0.2, 0.25) is 17.6 Å². The molecule has 7 nitrogen and oxygen atoms in total. The zero-order chi connectivity index (χ0) is 23.2. The molecule has 3 aromatic rings. The van der Waals surface area contributed by atoms with E-state index in [1.807, 2.05) is 35.2 Å². The van der Waals surface area contributed by atoms with E-state index in [9.17, 15) is 4.79 Å². The van der Waals surface area contributed by atoms with E-state index in [2.05, 4.69) is 47.1 Å². The number of hydrogen-bond donors (Lipinski definition) is 0. The van der Waals surface area contributed by atoms with Crippen molar-refractivity contribution in [2.45, 2.75) is 39.2 Å². The Morgan fingerprint density at radius 2 is 1.79 bits per heavy atom. The fourth-order valence-electron chi connectivity index (χ4n) is 4.09. The summed E-state index contributed by atoms with van der Waals surface area (Å²) in [5.41, 5.74) is 3.37. The summed E-state index contributed by atoms with van der Waals surface area (Å²) in [5.74, 6) is 2.59. The molecule has 0 radical (unpaired) electrons. The van der Waals surface area contributed by atoms with Crippen LogP contribution in [0.4, 0.5) is 0 Å². The largest absolute Gasteiger partial charge is 0.496 e. The van der Waals surface area contributed by atoms with E-state index in [1.54, 1.807) is 7.11 Å². The summed E-state index contributed by atoms with van der Waals surface area (Å²) in [5, 5.41) is 4.09. The van der Waals surface area contributed by atoms with Crippen molar-refractivity contribution in [2.24, 2.45) is 0 Å². The van der Waals surface area contributed by atoms with E-state index in [0.29, 0.717) is 30.5 Å². The quantitative estimate of drug-likeness (QED) is 0.516. The van der Waals surface area contributed by atoms with Crippen LogP contribution in [0.3, 0.4) is 0 Å². The van der Waals surface area contributed by atoms with Crippen LogP contribution < -0.4 is 4.74 Å². The molecular weight excluding hydrogens is 416 g/mol. The van der Waals surface area contributed by atoms with E-state index in [4.69, 9.17) is 9.26 Å². The molecule has 2 aromatic carbocycles. The van der Waals surface area contributed by atoms with Crippen LogP contribution in [-0.2, 0) is 17.8 Å². The molecule has 1 amide bonds. The first-order chi connectivity index (χ1) is 16.0. The second-order valence-electron chi connectivity index (χ2n) is 8.76. The highest BCUT2D eigenvalue weighted by Gasteiger charge is 2.22. The summed E-state index contributed by atoms with van der Waals surface area (Å²) in [4.78, 5) is 21.5. The average molecular weight is 449 g/mol. The van der Waals surface area contributed by atoms with Gasteiger partial charge in [-0.15, -0.1) is 0 Å². The third-order valence-electron chi connectivity index (χ3n) is 6.17. The SMILES string of the molecule is COc1ccccc1CN1CCN(C(=O)CCc2nc(-c3ccc(C(C)C)cc3)no2)CC1. The molecule has 1 saturated heterocycles. The van der Waals surface area contributed by atoms with Crippen molar-refractivity contribution in [3.05, 3.63) is 65.5 Å². The van der Waals surface area contributed by atoms with E-state index in [-0.39, 0.29) is 5.91 Å². The minimum atomic E-state index is 0.132. The van der Waals surface area contributed by atoms with E-state index in [1.165, 1.54) is 11.1 Å². The van der Waals surface area contributed by atoms with Crippen LogP contribution in [0.5, 0.6) is 5.75 Å². The Hall–Kier alpha value is -3.19. The number of ether oxygens (including phenoxy) is 1. The molecule has 0 bridgehead atoms. The van der Waals surface area contributed by atoms with Crippen LogP contribution in [0.25, 0.3) is 11.4 Å². The number of carbonyl (C=O) groups is 1. The Kier molecular flexibility index (Phi) is 7.40. The van der Waals surface area contributed by atoms with Crippen molar-refractivity contribution in [2.75, 3.05) is 33.3 Å². The highest BCUT2D eigenvalue weighted by Crippen LogP contribution is 2.22. The van der Waals surface area contributed by atoms with Crippen molar-refractivity contribution in [3.63, 3.8) is 0 Å². The summed E-state index contributed by atoms with van der Waals surface area (Å²) in [7, 11) is 1.70. The molecule has 7 heteroatoms. The fourth-order valence-corrected chi connectivity index (χ4v) is 4.09. The molecule has 2 heterocycles. The predicted molar refractivity (Wildman–Crippen MR) is 127 cm³/mol. The maximum atomic E-state index is 12.7. The maximum Gasteiger partial charge on any atom is 0.227 e. The Labute approximate surface area is 195 Å². The van der Waals surface area contributed by atoms with Crippen molar-refractivity contribution >= 4 is 5.91 Å². The van der Waals surface area contributed by atoms with Gasteiger partial charge in [-0.1, -0.05) is 61.5 Å². The zero-order valence-electron chi connectivity index (χ0n) is 19.7. The molecule has 0 aliphatic carbocycles. The van der Waals surface area contributed by atoms with Gasteiger partial charge in [-0.25, -0.2) is 0 Å². The molecule has 0 saturated carbocycles. The number of hydrogen-bond acceptors (Lipinski definition) is 6. The molecule has 0 atom stereocenters. The predicted octanol–water partition coefficient (Wildman–Crippen LogP) is 4.15. The molecule has 1 fully saturated rings. The van der Waals surface area contributed by atoms with Crippen LogP contribution in [0, 0.1) is 0 Å². The van der Waals surface area contributed by atoms with Gasteiger partial charge in [-0.2, -0.15) is 4.98 Å². The van der Waals surface area contributed by atoms with Crippen molar-refractivity contribution in [1.29, 1.82) is 0 Å². The topological polar surface area (TPSA) is 71.7 Å². The lowest BCUT2D eigenvalue weighted by molar-refractivity contribution is -0.133. The van der Waals surface area contributed by atoms with Gasteiger partial charge in [0.05, 0.1) is 7.11 Å². The van der Waals surface area contributed by atoms with Crippen LogP contribution in [0.1, 0.15) is 43.2 Å². The lowest BCUT2D eigenvalue weighted by Gasteiger charge is -2.35. The molecule has 1 aromatic heterocycles. The first-order valence-corrected chi connectivity index (χ1v) is 11.6. The van der Waals surface area contributed by atoms with Crippen LogP contribution in [0.15, 0.2) is 53.1 Å². The Morgan fingerprint density at radius 1 is 1.06 bits per heavy atom. The zero-order valence-corrected chi connectivity index (χ0v) is 19.7. The number of methoxy groups -OCH3 is 1. The second-order valence-corrected chi connectivity index (χ2v) is 8.76. The normalized spacial score (nSPS) is 14.6. The molecule has 0 N–H and O–H groups in total. The Morgan fingerprint density at radius 3 is 2.48 bits per heavy atom. The molecule has 33 heavy (non-hydrogen) atoms. The standard InChI is InChI=1S/C26H32N4O3/c1-19(2)20-8-10-21(11-9-20)26-27-24(33-28-26)12-13-25(31)30-16-14-29(15-17-30)18-22-6-4-5-7-23(22)32-3/h4-11,19H,12-18H2,1-3H3. The van der Waals surface area contributed by atoms with Gasteiger partial charge in [0, 0.05) is 56.7 Å². The van der Waals surface area contributed by atoms with Gasteiger partial charge in [-0.05, 0) is 17.5 Å². The number of para-hydroxylation sites is 1. The Balaban J connectivity index is 1.24. The molecule has 1 aliphatic heterocycles. The monoisotopic (exact) mass is 448 g/mol.